The molecule has 2 N–H and O–H groups in total. The normalized spacial score (nSPS) is 27.7. The first-order chi connectivity index (χ1) is 22.7. The summed E-state index contributed by atoms with van der Waals surface area (Å²) in [5, 5.41) is 13.4. The molecule has 7 rings (SSSR count). The molecule has 1 aromatic heterocycles. The lowest BCUT2D eigenvalue weighted by molar-refractivity contribution is -0.144. The number of furan rings is 1. The second-order valence-electron chi connectivity index (χ2n) is 12.9. The highest BCUT2D eigenvalue weighted by atomic mass is 35.5. The number of carbonyl (C=O) groups is 3. The van der Waals surface area contributed by atoms with Gasteiger partial charge in [0, 0.05) is 36.1 Å². The molecule has 2 amide bonds. The molecule has 13 heteroatoms. The Balaban J connectivity index is 1.02. The summed E-state index contributed by atoms with van der Waals surface area (Å²) in [7, 11) is 0. The summed E-state index contributed by atoms with van der Waals surface area (Å²) in [6.45, 7) is 2.75. The molecule has 250 valence electrons. The van der Waals surface area contributed by atoms with Crippen LogP contribution in [0.5, 0.6) is 0 Å². The van der Waals surface area contributed by atoms with Gasteiger partial charge in [-0.25, -0.2) is 0 Å². The Morgan fingerprint density at radius 3 is 2.47 bits per heavy atom. The maximum atomic E-state index is 13.9. The fraction of sp³-hybridized carbons (Fsp3) is 0.500. The second-order valence-corrected chi connectivity index (χ2v) is 13.7. The quantitative estimate of drug-likeness (QED) is 0.311. The van der Waals surface area contributed by atoms with E-state index in [1.165, 1.54) is 6.26 Å². The zero-order valence-electron chi connectivity index (χ0n) is 25.7. The zero-order chi connectivity index (χ0) is 32.7. The van der Waals surface area contributed by atoms with E-state index in [1.54, 1.807) is 24.3 Å². The number of halogens is 2. The van der Waals surface area contributed by atoms with Crippen molar-refractivity contribution in [3.63, 3.8) is 0 Å². The van der Waals surface area contributed by atoms with Crippen molar-refractivity contribution in [3.8, 4) is 0 Å². The van der Waals surface area contributed by atoms with Crippen LogP contribution in [0.15, 0.2) is 47.1 Å². The number of aliphatic carboxylic acids is 1. The molecule has 2 aromatic carbocycles. The van der Waals surface area contributed by atoms with Gasteiger partial charge in [-0.2, -0.15) is 0 Å². The van der Waals surface area contributed by atoms with E-state index in [-0.39, 0.29) is 59.6 Å². The largest absolute Gasteiger partial charge is 0.481 e. The summed E-state index contributed by atoms with van der Waals surface area (Å²) >= 11 is 13.3. The molecule has 4 atom stereocenters. The van der Waals surface area contributed by atoms with E-state index in [0.717, 1.165) is 19.5 Å². The summed E-state index contributed by atoms with van der Waals surface area (Å²) in [6, 6.07) is 10.4. The van der Waals surface area contributed by atoms with Crippen molar-refractivity contribution in [3.05, 3.63) is 63.8 Å². The molecule has 1 saturated carbocycles. The van der Waals surface area contributed by atoms with Crippen LogP contribution in [0.2, 0.25) is 10.0 Å². The number of fused-ring (bicyclic) bond motifs is 2. The summed E-state index contributed by atoms with van der Waals surface area (Å²) in [5.74, 6) is -1.55. The molecule has 4 heterocycles. The molecule has 0 spiro atoms. The highest BCUT2D eigenvalue weighted by molar-refractivity contribution is 6.36. The van der Waals surface area contributed by atoms with E-state index >= 15 is 0 Å². The van der Waals surface area contributed by atoms with Gasteiger partial charge < -0.3 is 34.0 Å². The molecule has 4 aliphatic rings. The van der Waals surface area contributed by atoms with Crippen LogP contribution in [0, 0.1) is 5.92 Å². The van der Waals surface area contributed by atoms with E-state index < -0.39 is 5.97 Å². The lowest BCUT2D eigenvalue weighted by Crippen LogP contribution is -2.41. The number of hydrogen-bond donors (Lipinski definition) is 2. The molecular formula is C34H37Cl2N3O8. The fourth-order valence-corrected chi connectivity index (χ4v) is 7.84. The van der Waals surface area contributed by atoms with Crippen LogP contribution in [0.25, 0.3) is 11.0 Å². The zero-order valence-corrected chi connectivity index (χ0v) is 27.3. The Hall–Kier alpha value is -3.19. The van der Waals surface area contributed by atoms with Gasteiger partial charge in [0.15, 0.2) is 0 Å². The smallest absolute Gasteiger partial charge is 0.306 e. The molecule has 4 fully saturated rings. The van der Waals surface area contributed by atoms with Crippen LogP contribution in [-0.4, -0.2) is 96.1 Å². The predicted molar refractivity (Wildman–Crippen MR) is 174 cm³/mol. The van der Waals surface area contributed by atoms with Crippen molar-refractivity contribution < 1.29 is 38.1 Å². The molecule has 11 nitrogen and oxygen atoms in total. The minimum atomic E-state index is -0.747. The Morgan fingerprint density at radius 1 is 0.979 bits per heavy atom. The van der Waals surface area contributed by atoms with Crippen LogP contribution in [0.4, 0.5) is 5.69 Å². The third-order valence-corrected chi connectivity index (χ3v) is 10.7. The van der Waals surface area contributed by atoms with Gasteiger partial charge in [-0.1, -0.05) is 41.4 Å². The average molecular weight is 687 g/mol. The third-order valence-electron chi connectivity index (χ3n) is 10.0. The van der Waals surface area contributed by atoms with Crippen LogP contribution in [0.1, 0.15) is 48.0 Å². The number of carboxylic acids is 1. The summed E-state index contributed by atoms with van der Waals surface area (Å²) in [5.41, 5.74) is 1.86. The molecule has 1 aliphatic carbocycles. The molecular weight excluding hydrogens is 649 g/mol. The number of carbonyl (C=O) groups excluding carboxylic acids is 2. The van der Waals surface area contributed by atoms with Gasteiger partial charge in [0.25, 0.3) is 5.91 Å². The number of anilines is 1. The van der Waals surface area contributed by atoms with E-state index in [2.05, 4.69) is 10.2 Å². The highest BCUT2D eigenvalue weighted by Gasteiger charge is 2.45. The molecule has 0 bridgehead atoms. The standard InChI is InChI=1S/C34H37Cl2N3O8/c35-26-12-28(37-33(41)25-17-45-29-4-2-1-3-24(25)29)27(36)9-20(26)10-32(40)39-13-21(38-14-30-31(15-38)47-18-46-30)11-22(39)16-44-23-7-5-19(6-8-23)34(42)43/h1-4,9,12,17,19,21-23,30-31H,5-8,10-11,13-16,18H2,(H,37,41)(H,42,43)/t19?,21?,22-,23?,30-,31+/m0/s1. The summed E-state index contributed by atoms with van der Waals surface area (Å²) in [6.07, 6.45) is 4.84. The Labute approximate surface area is 282 Å². The minimum absolute atomic E-state index is 0.0226. The van der Waals surface area contributed by atoms with Crippen molar-refractivity contribution in [2.75, 3.05) is 38.4 Å². The Bertz CT molecular complexity index is 1650. The van der Waals surface area contributed by atoms with Gasteiger partial charge in [0.1, 0.15) is 30.8 Å². The fourth-order valence-electron chi connectivity index (χ4n) is 7.37. The Morgan fingerprint density at radius 2 is 1.72 bits per heavy atom. The average Bonchev–Trinajstić information content (AvgIpc) is 3.85. The first-order valence-electron chi connectivity index (χ1n) is 16.1. The van der Waals surface area contributed by atoms with Gasteiger partial charge in [-0.05, 0) is 55.9 Å². The first-order valence-corrected chi connectivity index (χ1v) is 16.9. The van der Waals surface area contributed by atoms with Crippen LogP contribution in [-0.2, 0) is 30.2 Å². The molecule has 1 unspecified atom stereocenters. The minimum Gasteiger partial charge on any atom is -0.481 e. The lowest BCUT2D eigenvalue weighted by Gasteiger charge is -2.30. The summed E-state index contributed by atoms with van der Waals surface area (Å²) < 4.78 is 23.3. The number of benzene rings is 2. The monoisotopic (exact) mass is 685 g/mol. The number of nitrogens with one attached hydrogen (secondary N) is 1. The maximum Gasteiger partial charge on any atom is 0.306 e. The van der Waals surface area contributed by atoms with E-state index in [0.29, 0.717) is 78.4 Å². The number of ether oxygens (including phenoxy) is 3. The number of nitrogens with zero attached hydrogens (tertiary/aromatic N) is 2. The second kappa shape index (κ2) is 13.7. The maximum absolute atomic E-state index is 13.9. The number of amides is 2. The van der Waals surface area contributed by atoms with Gasteiger partial charge >= 0.3 is 5.97 Å². The number of carboxylic acid groups (broad SMARTS) is 1. The van der Waals surface area contributed by atoms with E-state index in [9.17, 15) is 19.5 Å². The number of rotatable bonds is 9. The van der Waals surface area contributed by atoms with Gasteiger partial charge in [-0.15, -0.1) is 0 Å². The van der Waals surface area contributed by atoms with E-state index in [1.807, 2.05) is 17.0 Å². The molecule has 0 radical (unpaired) electrons. The number of likely N-dealkylation sites (tertiary alicyclic amines) is 2. The molecule has 3 aromatic rings. The van der Waals surface area contributed by atoms with E-state index in [4.69, 9.17) is 41.8 Å². The van der Waals surface area contributed by atoms with Crippen molar-refractivity contribution in [2.45, 2.75) is 68.9 Å². The number of para-hydroxylation sites is 1. The highest BCUT2D eigenvalue weighted by Crippen LogP contribution is 2.34. The Kier molecular flexibility index (Phi) is 9.46. The van der Waals surface area contributed by atoms with Crippen molar-refractivity contribution in [1.82, 2.24) is 9.80 Å². The first kappa shape index (κ1) is 32.4. The predicted octanol–water partition coefficient (Wildman–Crippen LogP) is 5.22. The molecule has 47 heavy (non-hydrogen) atoms. The molecule has 3 aliphatic heterocycles. The van der Waals surface area contributed by atoms with Crippen molar-refractivity contribution in [2.24, 2.45) is 5.92 Å². The third kappa shape index (κ3) is 6.88. The van der Waals surface area contributed by atoms with Crippen LogP contribution < -0.4 is 5.32 Å². The lowest BCUT2D eigenvalue weighted by atomic mass is 9.87. The van der Waals surface area contributed by atoms with Crippen LogP contribution in [0.3, 0.4) is 0 Å². The van der Waals surface area contributed by atoms with Crippen molar-refractivity contribution >= 4 is 57.6 Å². The molecule has 3 saturated heterocycles. The topological polar surface area (TPSA) is 131 Å². The van der Waals surface area contributed by atoms with Gasteiger partial charge in [-0.3, -0.25) is 19.3 Å². The van der Waals surface area contributed by atoms with Crippen molar-refractivity contribution in [1.29, 1.82) is 0 Å². The van der Waals surface area contributed by atoms with Gasteiger partial charge in [0.05, 0.1) is 47.4 Å². The summed E-state index contributed by atoms with van der Waals surface area (Å²) in [4.78, 5) is 42.6. The van der Waals surface area contributed by atoms with Crippen LogP contribution >= 0.6 is 23.2 Å². The number of hydrogen-bond acceptors (Lipinski definition) is 8. The van der Waals surface area contributed by atoms with Gasteiger partial charge in [0.2, 0.25) is 5.91 Å². The SMILES string of the molecule is O=C(Nc1cc(Cl)c(CC(=O)N2CC(N3C[C@@H]4OCO[C@@H]4C3)C[C@H]2COC2CCC(C(=O)O)CC2)cc1Cl)c1coc2ccccc12.